The second-order valence-electron chi connectivity index (χ2n) is 6.20. The summed E-state index contributed by atoms with van der Waals surface area (Å²) in [6, 6.07) is 13.6. The fraction of sp³-hybridized carbons (Fsp3) is 0.318. The number of amides is 1. The van der Waals surface area contributed by atoms with Crippen LogP contribution in [0.4, 0.5) is 0 Å². The largest absolute Gasteiger partial charge is 0.481 e. The number of rotatable bonds is 8. The Balaban J connectivity index is 1.87. The minimum absolute atomic E-state index is 0.172. The monoisotopic (exact) mass is 414 g/mol. The topological polar surface area (TPSA) is 75.7 Å². The highest BCUT2D eigenvalue weighted by Gasteiger charge is 2.21. The lowest BCUT2D eigenvalue weighted by atomic mass is 10.2. The van der Waals surface area contributed by atoms with Crippen molar-refractivity contribution in [2.24, 2.45) is 0 Å². The van der Waals surface area contributed by atoms with Gasteiger partial charge in [-0.1, -0.05) is 43.9 Å². The van der Waals surface area contributed by atoms with Gasteiger partial charge < -0.3 is 10.1 Å². The molecule has 2 aromatic rings. The summed E-state index contributed by atoms with van der Waals surface area (Å²) in [6.45, 7) is 6.74. The summed E-state index contributed by atoms with van der Waals surface area (Å²) >= 11 is 0. The molecule has 0 spiro atoms. The van der Waals surface area contributed by atoms with Crippen LogP contribution in [0.5, 0.6) is 5.75 Å². The third-order valence-electron chi connectivity index (χ3n) is 4.32. The summed E-state index contributed by atoms with van der Waals surface area (Å²) < 4.78 is 31.9. The quantitative estimate of drug-likeness (QED) is 0.674. The minimum Gasteiger partial charge on any atom is -0.481 e. The fourth-order valence-corrected chi connectivity index (χ4v) is 4.12. The van der Waals surface area contributed by atoms with Crippen molar-refractivity contribution in [1.29, 1.82) is 0 Å². The molecular weight excluding hydrogens is 388 g/mol. The van der Waals surface area contributed by atoms with E-state index in [0.717, 1.165) is 11.3 Å². The molecule has 0 saturated carbocycles. The molecule has 0 aliphatic heterocycles. The molecule has 1 amide bonds. The van der Waals surface area contributed by atoms with Crippen LogP contribution in [-0.2, 0) is 10.0 Å². The van der Waals surface area contributed by atoms with Crippen LogP contribution in [0.3, 0.4) is 0 Å². The number of para-hydroxylation sites is 1. The number of hydrogen-bond acceptors (Lipinski definition) is 4. The lowest BCUT2D eigenvalue weighted by molar-refractivity contribution is 0.0958. The zero-order valence-electron chi connectivity index (χ0n) is 16.9. The molecule has 7 heteroatoms. The third-order valence-corrected chi connectivity index (χ3v) is 6.38. The average Bonchev–Trinajstić information content (AvgIpc) is 2.72. The fourth-order valence-electron chi connectivity index (χ4n) is 2.66. The van der Waals surface area contributed by atoms with E-state index < -0.39 is 10.0 Å². The highest BCUT2D eigenvalue weighted by atomic mass is 32.2. The van der Waals surface area contributed by atoms with Gasteiger partial charge in [0.1, 0.15) is 12.4 Å². The van der Waals surface area contributed by atoms with E-state index in [4.69, 9.17) is 4.74 Å². The van der Waals surface area contributed by atoms with Crippen molar-refractivity contribution in [2.45, 2.75) is 25.7 Å². The zero-order chi connectivity index (χ0) is 21.3. The summed E-state index contributed by atoms with van der Waals surface area (Å²) in [6.07, 6.45) is 0. The van der Waals surface area contributed by atoms with E-state index in [1.54, 1.807) is 13.8 Å². The van der Waals surface area contributed by atoms with Crippen LogP contribution < -0.4 is 10.1 Å². The first-order chi connectivity index (χ1) is 13.9. The van der Waals surface area contributed by atoms with Crippen molar-refractivity contribution in [3.63, 3.8) is 0 Å². The summed E-state index contributed by atoms with van der Waals surface area (Å²) in [4.78, 5) is 12.4. The Kier molecular flexibility index (Phi) is 8.25. The molecule has 0 radical (unpaired) electrons. The van der Waals surface area contributed by atoms with Gasteiger partial charge in [0.2, 0.25) is 10.0 Å². The number of carbonyl (C=O) groups is 1. The van der Waals surface area contributed by atoms with Gasteiger partial charge in [-0.3, -0.25) is 4.79 Å². The Morgan fingerprint density at radius 2 is 1.69 bits per heavy atom. The highest BCUT2D eigenvalue weighted by Crippen LogP contribution is 2.16. The molecule has 2 aromatic carbocycles. The lowest BCUT2D eigenvalue weighted by Crippen LogP contribution is -2.30. The van der Waals surface area contributed by atoms with E-state index in [1.807, 2.05) is 31.2 Å². The maximum atomic E-state index is 12.5. The van der Waals surface area contributed by atoms with E-state index >= 15 is 0 Å². The number of carbonyl (C=O) groups excluding carboxylic acids is 1. The molecule has 0 heterocycles. The van der Waals surface area contributed by atoms with E-state index in [2.05, 4.69) is 17.2 Å². The first-order valence-corrected chi connectivity index (χ1v) is 10.9. The van der Waals surface area contributed by atoms with Crippen LogP contribution in [0.2, 0.25) is 0 Å². The van der Waals surface area contributed by atoms with Crippen molar-refractivity contribution >= 4 is 15.9 Å². The van der Waals surface area contributed by atoms with Crippen LogP contribution in [0.25, 0.3) is 0 Å². The van der Waals surface area contributed by atoms with Gasteiger partial charge in [0.25, 0.3) is 5.91 Å². The van der Waals surface area contributed by atoms with Crippen molar-refractivity contribution in [2.75, 3.05) is 26.2 Å². The van der Waals surface area contributed by atoms with E-state index in [1.165, 1.54) is 28.6 Å². The van der Waals surface area contributed by atoms with Crippen molar-refractivity contribution in [1.82, 2.24) is 9.62 Å². The first kappa shape index (κ1) is 22.5. The molecule has 0 atom stereocenters. The Bertz CT molecular complexity index is 985. The van der Waals surface area contributed by atoms with Crippen molar-refractivity contribution in [3.8, 4) is 17.6 Å². The van der Waals surface area contributed by atoms with E-state index in [-0.39, 0.29) is 24.0 Å². The summed E-state index contributed by atoms with van der Waals surface area (Å²) in [7, 11) is -3.53. The predicted molar refractivity (Wildman–Crippen MR) is 113 cm³/mol. The van der Waals surface area contributed by atoms with Gasteiger partial charge in [-0.15, -0.1) is 0 Å². The Hall–Kier alpha value is -2.82. The van der Waals surface area contributed by atoms with Crippen LogP contribution >= 0.6 is 0 Å². The Morgan fingerprint density at radius 1 is 1.03 bits per heavy atom. The number of ether oxygens (including phenoxy) is 1. The van der Waals surface area contributed by atoms with E-state index in [9.17, 15) is 13.2 Å². The number of aryl methyl sites for hydroxylation is 1. The normalized spacial score (nSPS) is 10.9. The Labute approximate surface area is 172 Å². The van der Waals surface area contributed by atoms with Gasteiger partial charge in [-0.25, -0.2) is 8.42 Å². The maximum absolute atomic E-state index is 12.5. The Morgan fingerprint density at radius 3 is 2.31 bits per heavy atom. The van der Waals surface area contributed by atoms with Crippen molar-refractivity contribution in [3.05, 3.63) is 59.7 Å². The molecule has 154 valence electrons. The molecule has 6 nitrogen and oxygen atoms in total. The molecule has 0 aromatic heterocycles. The van der Waals surface area contributed by atoms with Gasteiger partial charge in [-0.2, -0.15) is 4.31 Å². The molecule has 29 heavy (non-hydrogen) atoms. The molecular formula is C22H26N2O4S. The summed E-state index contributed by atoms with van der Waals surface area (Å²) in [5.74, 6) is 6.15. The highest BCUT2D eigenvalue weighted by molar-refractivity contribution is 7.89. The average molecular weight is 415 g/mol. The lowest BCUT2D eigenvalue weighted by Gasteiger charge is -2.18. The molecule has 0 fully saturated rings. The standard InChI is InChI=1S/C22H26N2O4S/c1-4-24(5-2)29(26,27)20-14-12-19(13-15-20)22(25)23-16-8-9-17-28-21-11-7-6-10-18(21)3/h6-7,10-15H,4-5,16-17H2,1-3H3,(H,23,25). The molecule has 1 N–H and O–H groups in total. The molecule has 0 unspecified atom stereocenters. The number of nitrogens with zero attached hydrogens (tertiary/aromatic N) is 1. The summed E-state index contributed by atoms with van der Waals surface area (Å²) in [5, 5.41) is 2.68. The number of hydrogen-bond donors (Lipinski definition) is 1. The molecule has 0 saturated heterocycles. The first-order valence-electron chi connectivity index (χ1n) is 9.42. The van der Waals surface area contributed by atoms with E-state index in [0.29, 0.717) is 18.7 Å². The smallest absolute Gasteiger partial charge is 0.252 e. The molecule has 0 bridgehead atoms. The molecule has 2 rings (SSSR count). The van der Waals surface area contributed by atoms with Crippen molar-refractivity contribution < 1.29 is 17.9 Å². The second-order valence-corrected chi connectivity index (χ2v) is 8.14. The number of nitrogens with one attached hydrogen (secondary N) is 1. The molecule has 0 aliphatic rings. The van der Waals surface area contributed by atoms with Gasteiger partial charge in [0.15, 0.2) is 0 Å². The van der Waals surface area contributed by atoms with Gasteiger partial charge >= 0.3 is 0 Å². The van der Waals surface area contributed by atoms with Crippen LogP contribution in [0.1, 0.15) is 29.8 Å². The number of sulfonamides is 1. The maximum Gasteiger partial charge on any atom is 0.252 e. The summed E-state index contributed by atoms with van der Waals surface area (Å²) in [5.41, 5.74) is 1.41. The van der Waals surface area contributed by atoms with Gasteiger partial charge in [0, 0.05) is 18.7 Å². The van der Waals surface area contributed by atoms with Crippen LogP contribution in [0.15, 0.2) is 53.4 Å². The third kappa shape index (κ3) is 6.08. The predicted octanol–water partition coefficient (Wildman–Crippen LogP) is 2.84. The SMILES string of the molecule is CCN(CC)S(=O)(=O)c1ccc(C(=O)NCC#CCOc2ccccc2C)cc1. The van der Waals surface area contributed by atoms with Gasteiger partial charge in [-0.05, 0) is 42.8 Å². The van der Waals surface area contributed by atoms with Crippen LogP contribution in [0, 0.1) is 18.8 Å². The van der Waals surface area contributed by atoms with Crippen LogP contribution in [-0.4, -0.2) is 44.9 Å². The minimum atomic E-state index is -3.53. The molecule has 0 aliphatic carbocycles. The zero-order valence-corrected chi connectivity index (χ0v) is 17.8. The number of benzene rings is 2. The second kappa shape index (κ2) is 10.6. The van der Waals surface area contributed by atoms with Gasteiger partial charge in [0.05, 0.1) is 11.4 Å².